The van der Waals surface area contributed by atoms with Crippen LogP contribution in [0.2, 0.25) is 0 Å². The van der Waals surface area contributed by atoms with Crippen LogP contribution in [-0.2, 0) is 19.2 Å². The highest BCUT2D eigenvalue weighted by Crippen LogP contribution is 2.10. The highest BCUT2D eigenvalue weighted by molar-refractivity contribution is 6.81. The van der Waals surface area contributed by atoms with Crippen molar-refractivity contribution in [2.75, 3.05) is 0 Å². The Balaban J connectivity index is 0. The van der Waals surface area contributed by atoms with Crippen LogP contribution in [-0.4, -0.2) is 21.5 Å². The first-order valence-electron chi connectivity index (χ1n) is 4.39. The first kappa shape index (κ1) is 17.9. The molecule has 0 aromatic rings. The Labute approximate surface area is 108 Å². The number of ketones is 1. The number of hydrogen-bond donors (Lipinski definition) is 0. The van der Waals surface area contributed by atoms with Gasteiger partial charge in [0.2, 0.25) is 16.3 Å². The van der Waals surface area contributed by atoms with Crippen LogP contribution in [0.25, 0.3) is 0 Å². The van der Waals surface area contributed by atoms with Crippen LogP contribution in [0.1, 0.15) is 26.7 Å². The normalized spacial score (nSPS) is 9.12. The van der Waals surface area contributed by atoms with Gasteiger partial charge in [-0.05, 0) is 41.2 Å². The van der Waals surface area contributed by atoms with Gasteiger partial charge in [-0.2, -0.15) is 0 Å². The molecule has 0 atom stereocenters. The summed E-state index contributed by atoms with van der Waals surface area (Å²) in [5.41, 5.74) is 0. The van der Waals surface area contributed by atoms with Crippen molar-refractivity contribution >= 4 is 56.3 Å². The van der Waals surface area contributed by atoms with E-state index in [9.17, 15) is 19.2 Å². The second-order valence-corrected chi connectivity index (χ2v) is 3.71. The lowest BCUT2D eigenvalue weighted by Gasteiger charge is -1.99. The van der Waals surface area contributed by atoms with E-state index in [0.717, 1.165) is 0 Å². The first-order valence-corrected chi connectivity index (χ1v) is 5.52. The van der Waals surface area contributed by atoms with Crippen LogP contribution >= 0.6 is 34.8 Å². The maximum absolute atomic E-state index is 10.3. The fourth-order valence-corrected chi connectivity index (χ4v) is 1.25. The quantitative estimate of drug-likeness (QED) is 0.442. The van der Waals surface area contributed by atoms with Crippen molar-refractivity contribution in [3.05, 3.63) is 0 Å². The van der Waals surface area contributed by atoms with Gasteiger partial charge in [0.15, 0.2) is 0 Å². The maximum Gasteiger partial charge on any atom is 0.288 e. The monoisotopic (exact) mass is 288 g/mol. The number of hydrogen-bond acceptors (Lipinski definition) is 4. The summed E-state index contributed by atoms with van der Waals surface area (Å²) in [6.45, 7) is 3.26. The van der Waals surface area contributed by atoms with E-state index in [1.807, 2.05) is 0 Å². The fourth-order valence-electron chi connectivity index (χ4n) is 0.549. The molecule has 0 aliphatic carbocycles. The van der Waals surface area contributed by atoms with E-state index in [1.54, 1.807) is 13.8 Å². The molecule has 4 nitrogen and oxygen atoms in total. The molecule has 0 bridgehead atoms. The third kappa shape index (κ3) is 8.83. The van der Waals surface area contributed by atoms with Crippen LogP contribution in [0.3, 0.4) is 0 Å². The van der Waals surface area contributed by atoms with Crippen LogP contribution in [0.5, 0.6) is 0 Å². The molecule has 0 rings (SSSR count). The van der Waals surface area contributed by atoms with Crippen LogP contribution in [0.15, 0.2) is 0 Å². The number of Topliss-reactive ketones (excluding diaryl/α,β-unsaturated/α-hetero) is 1. The maximum atomic E-state index is 10.3. The highest BCUT2D eigenvalue weighted by atomic mass is 35.5. The van der Waals surface area contributed by atoms with E-state index in [2.05, 4.69) is 0 Å². The average Bonchev–Trinajstić information content (AvgIpc) is 2.17. The Morgan fingerprint density at radius 3 is 1.31 bits per heavy atom. The summed E-state index contributed by atoms with van der Waals surface area (Å²) in [5, 5.41) is -2.24. The molecule has 0 aliphatic heterocycles. The van der Waals surface area contributed by atoms with Gasteiger partial charge >= 0.3 is 0 Å². The zero-order valence-corrected chi connectivity index (χ0v) is 11.0. The number of rotatable bonds is 5. The summed E-state index contributed by atoms with van der Waals surface area (Å²) >= 11 is 14.7. The number of carbonyl (C=O) groups is 4. The van der Waals surface area contributed by atoms with Gasteiger partial charge in [-0.3, -0.25) is 19.2 Å². The molecule has 0 aromatic carbocycles. The molecule has 7 heteroatoms. The van der Waals surface area contributed by atoms with E-state index >= 15 is 0 Å². The van der Waals surface area contributed by atoms with Crippen molar-refractivity contribution in [3.8, 4) is 0 Å². The van der Waals surface area contributed by atoms with Crippen molar-refractivity contribution in [1.29, 1.82) is 0 Å². The van der Waals surface area contributed by atoms with E-state index in [1.165, 1.54) is 0 Å². The van der Waals surface area contributed by atoms with E-state index < -0.39 is 27.4 Å². The average molecular weight is 290 g/mol. The molecule has 92 valence electrons. The molecule has 0 fully saturated rings. The molecule has 0 N–H and O–H groups in total. The molecule has 0 unspecified atom stereocenters. The molecular formula is C9H11Cl3O4. The summed E-state index contributed by atoms with van der Waals surface area (Å²) < 4.78 is 0. The largest absolute Gasteiger partial charge is 0.289 e. The molecule has 0 aliphatic rings. The second-order valence-electron chi connectivity index (χ2n) is 2.62. The summed E-state index contributed by atoms with van der Waals surface area (Å²) in [5.74, 6) is -1.35. The SMILES string of the molecule is CCC(=O)C(=O)Cl.CCC(C(=O)Cl)C(=O)Cl. The van der Waals surface area contributed by atoms with Crippen molar-refractivity contribution in [2.24, 2.45) is 5.92 Å². The zero-order valence-electron chi connectivity index (χ0n) is 8.76. The molecule has 0 saturated carbocycles. The standard InChI is InChI=1S/C5H6Cl2O2.C4H5ClO2/c1-2-3(4(6)8)5(7)9;1-2-3(6)4(5)7/h3H,2H2,1H3;2H2,1H3. The minimum atomic E-state index is -0.873. The molecule has 0 amide bonds. The number of carbonyl (C=O) groups excluding carboxylic acids is 4. The minimum Gasteiger partial charge on any atom is -0.289 e. The third-order valence-corrected chi connectivity index (χ3v) is 2.23. The van der Waals surface area contributed by atoms with Gasteiger partial charge in [0.25, 0.3) is 5.24 Å². The van der Waals surface area contributed by atoms with Crippen molar-refractivity contribution < 1.29 is 19.2 Å². The van der Waals surface area contributed by atoms with Gasteiger partial charge in [-0.1, -0.05) is 13.8 Å². The van der Waals surface area contributed by atoms with E-state index in [4.69, 9.17) is 34.8 Å². The summed E-state index contributed by atoms with van der Waals surface area (Å²) in [6, 6.07) is 0. The molecule has 16 heavy (non-hydrogen) atoms. The van der Waals surface area contributed by atoms with Gasteiger partial charge in [0.1, 0.15) is 5.92 Å². The second kappa shape index (κ2) is 9.75. The van der Waals surface area contributed by atoms with Crippen LogP contribution in [0.4, 0.5) is 0 Å². The smallest absolute Gasteiger partial charge is 0.288 e. The van der Waals surface area contributed by atoms with Crippen LogP contribution in [0, 0.1) is 5.92 Å². The molecule has 0 radical (unpaired) electrons. The van der Waals surface area contributed by atoms with Gasteiger partial charge in [-0.25, -0.2) is 0 Å². The topological polar surface area (TPSA) is 68.3 Å². The van der Waals surface area contributed by atoms with Gasteiger partial charge in [0, 0.05) is 6.42 Å². The van der Waals surface area contributed by atoms with Gasteiger partial charge in [-0.15, -0.1) is 0 Å². The van der Waals surface area contributed by atoms with Crippen molar-refractivity contribution in [2.45, 2.75) is 26.7 Å². The lowest BCUT2D eigenvalue weighted by molar-refractivity contribution is -0.131. The zero-order chi connectivity index (χ0) is 13.3. The van der Waals surface area contributed by atoms with Crippen molar-refractivity contribution in [3.63, 3.8) is 0 Å². The van der Waals surface area contributed by atoms with E-state index in [-0.39, 0.29) is 6.42 Å². The first-order chi connectivity index (χ1) is 7.27. The Morgan fingerprint density at radius 2 is 1.31 bits per heavy atom. The predicted molar refractivity (Wildman–Crippen MR) is 61.7 cm³/mol. The third-order valence-electron chi connectivity index (χ3n) is 1.50. The fraction of sp³-hybridized carbons (Fsp3) is 0.556. The Bertz CT molecular complexity index is 274. The Morgan fingerprint density at radius 1 is 0.938 bits per heavy atom. The van der Waals surface area contributed by atoms with E-state index in [0.29, 0.717) is 6.42 Å². The highest BCUT2D eigenvalue weighted by Gasteiger charge is 2.20. The molecular weight excluding hydrogens is 278 g/mol. The molecule has 0 heterocycles. The summed E-state index contributed by atoms with van der Waals surface area (Å²) in [7, 11) is 0. The Kier molecular flexibility index (Phi) is 10.9. The lowest BCUT2D eigenvalue weighted by Crippen LogP contribution is -2.14. The lowest BCUT2D eigenvalue weighted by atomic mass is 10.1. The number of halogens is 3. The summed E-state index contributed by atoms with van der Waals surface area (Å²) in [6.07, 6.45) is 0.563. The van der Waals surface area contributed by atoms with Crippen LogP contribution < -0.4 is 0 Å². The Hall–Kier alpha value is -0.450. The minimum absolute atomic E-state index is 0.197. The predicted octanol–water partition coefficient (Wildman–Crippen LogP) is 2.27. The van der Waals surface area contributed by atoms with Gasteiger partial charge < -0.3 is 0 Å². The molecule has 0 saturated heterocycles. The molecule has 0 spiro atoms. The summed E-state index contributed by atoms with van der Waals surface area (Å²) in [4.78, 5) is 40.4. The van der Waals surface area contributed by atoms with Gasteiger partial charge in [0.05, 0.1) is 0 Å². The van der Waals surface area contributed by atoms with Crippen molar-refractivity contribution in [1.82, 2.24) is 0 Å². The molecule has 0 aromatic heterocycles.